The molecule has 0 radical (unpaired) electrons. The smallest absolute Gasteiger partial charge is 0.269 e. The first-order chi connectivity index (χ1) is 7.27. The van der Waals surface area contributed by atoms with E-state index in [0.29, 0.717) is 6.61 Å². The van der Waals surface area contributed by atoms with E-state index in [-0.39, 0.29) is 24.2 Å². The summed E-state index contributed by atoms with van der Waals surface area (Å²) < 4.78 is 5.53. The summed E-state index contributed by atoms with van der Waals surface area (Å²) in [6.45, 7) is 2.31. The Balaban J connectivity index is 0.00000128. The van der Waals surface area contributed by atoms with Gasteiger partial charge in [0.05, 0.1) is 17.6 Å². The summed E-state index contributed by atoms with van der Waals surface area (Å²) in [6.07, 6.45) is 0.0135. The molecule has 1 aromatic rings. The highest BCUT2D eigenvalue weighted by atomic mass is 35.5. The number of hydrogen-bond donors (Lipinski definition) is 1. The van der Waals surface area contributed by atoms with E-state index in [2.05, 4.69) is 5.32 Å². The van der Waals surface area contributed by atoms with E-state index in [1.54, 1.807) is 12.1 Å². The highest BCUT2D eigenvalue weighted by Crippen LogP contribution is 2.21. The quantitative estimate of drug-likeness (QED) is 0.635. The number of morpholine rings is 1. The van der Waals surface area contributed by atoms with Crippen LogP contribution in [0, 0.1) is 10.1 Å². The first kappa shape index (κ1) is 12.9. The summed E-state index contributed by atoms with van der Waals surface area (Å²) in [5.41, 5.74) is 1.09. The van der Waals surface area contributed by atoms with Crippen LogP contribution in [0.3, 0.4) is 0 Å². The number of nitrogens with zero attached hydrogens (tertiary/aromatic N) is 1. The fourth-order valence-electron chi connectivity index (χ4n) is 1.59. The van der Waals surface area contributed by atoms with Crippen LogP contribution in [0.5, 0.6) is 0 Å². The molecule has 5 nitrogen and oxygen atoms in total. The molecule has 1 saturated heterocycles. The first-order valence-corrected chi connectivity index (χ1v) is 4.84. The SMILES string of the molecule is Cl.O=[N+]([O-])c1ccc([C@@H]2CNCCO2)cc1. The lowest BCUT2D eigenvalue weighted by Crippen LogP contribution is -2.33. The molecular formula is C10H13ClN2O3. The Kier molecular flexibility index (Phi) is 4.67. The minimum Gasteiger partial charge on any atom is -0.371 e. The minimum absolute atomic E-state index is 0. The van der Waals surface area contributed by atoms with Crippen LogP contribution >= 0.6 is 12.4 Å². The maximum atomic E-state index is 10.5. The van der Waals surface area contributed by atoms with Crippen molar-refractivity contribution >= 4 is 18.1 Å². The Morgan fingerprint density at radius 1 is 1.38 bits per heavy atom. The van der Waals surface area contributed by atoms with Gasteiger partial charge in [-0.25, -0.2) is 0 Å². The molecule has 0 saturated carbocycles. The maximum absolute atomic E-state index is 10.5. The van der Waals surface area contributed by atoms with Crippen molar-refractivity contribution < 1.29 is 9.66 Å². The summed E-state index contributed by atoms with van der Waals surface area (Å²) in [5, 5.41) is 13.7. The van der Waals surface area contributed by atoms with Crippen molar-refractivity contribution in [2.24, 2.45) is 0 Å². The molecule has 1 heterocycles. The predicted octanol–water partition coefficient (Wildman–Crippen LogP) is 1.68. The molecule has 88 valence electrons. The van der Waals surface area contributed by atoms with Crippen molar-refractivity contribution in [2.45, 2.75) is 6.10 Å². The lowest BCUT2D eigenvalue weighted by molar-refractivity contribution is -0.384. The summed E-state index contributed by atoms with van der Waals surface area (Å²) >= 11 is 0. The molecule has 0 aromatic heterocycles. The van der Waals surface area contributed by atoms with Gasteiger partial charge in [0.1, 0.15) is 0 Å². The number of rotatable bonds is 2. The number of nitro groups is 1. The standard InChI is InChI=1S/C10H12N2O3.ClH/c13-12(14)9-3-1-8(2-4-9)10-7-11-5-6-15-10;/h1-4,10-11H,5-7H2;1H/t10-;/m0./s1. The molecule has 0 unspecified atom stereocenters. The van der Waals surface area contributed by atoms with Crippen molar-refractivity contribution in [3.8, 4) is 0 Å². The fraction of sp³-hybridized carbons (Fsp3) is 0.400. The van der Waals surface area contributed by atoms with Crippen LogP contribution in [0.4, 0.5) is 5.69 Å². The zero-order valence-corrected chi connectivity index (χ0v) is 9.40. The number of halogens is 1. The molecule has 6 heteroatoms. The summed E-state index contributed by atoms with van der Waals surface area (Å²) in [4.78, 5) is 10.1. The zero-order valence-electron chi connectivity index (χ0n) is 8.59. The first-order valence-electron chi connectivity index (χ1n) is 4.84. The zero-order chi connectivity index (χ0) is 10.7. The second-order valence-corrected chi connectivity index (χ2v) is 3.41. The van der Waals surface area contributed by atoms with Crippen molar-refractivity contribution in [3.05, 3.63) is 39.9 Å². The van der Waals surface area contributed by atoms with Gasteiger partial charge in [-0.3, -0.25) is 10.1 Å². The lowest BCUT2D eigenvalue weighted by Gasteiger charge is -2.23. The molecule has 16 heavy (non-hydrogen) atoms. The Hall–Kier alpha value is -1.17. The van der Waals surface area contributed by atoms with E-state index < -0.39 is 4.92 Å². The van der Waals surface area contributed by atoms with Crippen LogP contribution in [0.1, 0.15) is 11.7 Å². The molecule has 1 aromatic carbocycles. The van der Waals surface area contributed by atoms with E-state index in [0.717, 1.165) is 18.7 Å². The Morgan fingerprint density at radius 2 is 2.06 bits per heavy atom. The third-order valence-electron chi connectivity index (χ3n) is 2.40. The number of ether oxygens (including phenoxy) is 1. The third kappa shape index (κ3) is 2.91. The Labute approximate surface area is 99.4 Å². The summed E-state index contributed by atoms with van der Waals surface area (Å²) in [6, 6.07) is 6.51. The lowest BCUT2D eigenvalue weighted by atomic mass is 10.1. The molecule has 1 atom stereocenters. The third-order valence-corrected chi connectivity index (χ3v) is 2.40. The van der Waals surface area contributed by atoms with Crippen molar-refractivity contribution in [2.75, 3.05) is 19.7 Å². The van der Waals surface area contributed by atoms with E-state index >= 15 is 0 Å². The molecule has 1 aliphatic rings. The van der Waals surface area contributed by atoms with Gasteiger partial charge < -0.3 is 10.1 Å². The van der Waals surface area contributed by atoms with Gasteiger partial charge in [0.2, 0.25) is 0 Å². The average molecular weight is 245 g/mol. The van der Waals surface area contributed by atoms with Gasteiger partial charge in [-0.05, 0) is 17.7 Å². The molecule has 0 bridgehead atoms. The topological polar surface area (TPSA) is 64.4 Å². The highest BCUT2D eigenvalue weighted by Gasteiger charge is 2.16. The van der Waals surface area contributed by atoms with E-state index in [1.165, 1.54) is 12.1 Å². The highest BCUT2D eigenvalue weighted by molar-refractivity contribution is 5.85. The van der Waals surface area contributed by atoms with Gasteiger partial charge in [0.25, 0.3) is 5.69 Å². The van der Waals surface area contributed by atoms with Gasteiger partial charge >= 0.3 is 0 Å². The minimum atomic E-state index is -0.399. The van der Waals surface area contributed by atoms with E-state index in [1.807, 2.05) is 0 Å². The molecular weight excluding hydrogens is 232 g/mol. The van der Waals surface area contributed by atoms with Crippen LogP contribution in [-0.2, 0) is 4.74 Å². The average Bonchev–Trinajstić information content (AvgIpc) is 2.30. The molecule has 0 spiro atoms. The van der Waals surface area contributed by atoms with Crippen molar-refractivity contribution in [1.82, 2.24) is 5.32 Å². The molecule has 0 aliphatic carbocycles. The summed E-state index contributed by atoms with van der Waals surface area (Å²) in [7, 11) is 0. The van der Waals surface area contributed by atoms with Crippen LogP contribution in [-0.4, -0.2) is 24.6 Å². The Morgan fingerprint density at radius 3 is 2.56 bits per heavy atom. The second-order valence-electron chi connectivity index (χ2n) is 3.41. The predicted molar refractivity (Wildman–Crippen MR) is 61.9 cm³/mol. The molecule has 1 aliphatic heterocycles. The number of hydrogen-bond acceptors (Lipinski definition) is 4. The summed E-state index contributed by atoms with van der Waals surface area (Å²) in [5.74, 6) is 0. The molecule has 1 N–H and O–H groups in total. The number of benzene rings is 1. The number of non-ortho nitro benzene ring substituents is 1. The van der Waals surface area contributed by atoms with Crippen LogP contribution in [0.2, 0.25) is 0 Å². The van der Waals surface area contributed by atoms with Crippen LogP contribution in [0.15, 0.2) is 24.3 Å². The monoisotopic (exact) mass is 244 g/mol. The van der Waals surface area contributed by atoms with Gasteiger partial charge in [-0.15, -0.1) is 12.4 Å². The maximum Gasteiger partial charge on any atom is 0.269 e. The Bertz CT molecular complexity index is 350. The largest absolute Gasteiger partial charge is 0.371 e. The second kappa shape index (κ2) is 5.79. The molecule has 2 rings (SSSR count). The number of nitro benzene ring substituents is 1. The molecule has 0 amide bonds. The van der Waals surface area contributed by atoms with Crippen molar-refractivity contribution in [1.29, 1.82) is 0 Å². The van der Waals surface area contributed by atoms with Gasteiger partial charge in [0, 0.05) is 25.2 Å². The van der Waals surface area contributed by atoms with Gasteiger partial charge in [-0.2, -0.15) is 0 Å². The normalized spacial score (nSPS) is 19.9. The fourth-order valence-corrected chi connectivity index (χ4v) is 1.59. The van der Waals surface area contributed by atoms with Crippen LogP contribution < -0.4 is 5.32 Å². The van der Waals surface area contributed by atoms with Gasteiger partial charge in [0.15, 0.2) is 0 Å². The van der Waals surface area contributed by atoms with Crippen molar-refractivity contribution in [3.63, 3.8) is 0 Å². The number of nitrogens with one attached hydrogen (secondary N) is 1. The molecule has 1 fully saturated rings. The van der Waals surface area contributed by atoms with E-state index in [9.17, 15) is 10.1 Å². The van der Waals surface area contributed by atoms with Crippen LogP contribution in [0.25, 0.3) is 0 Å². The van der Waals surface area contributed by atoms with Gasteiger partial charge in [-0.1, -0.05) is 0 Å². The van der Waals surface area contributed by atoms with E-state index in [4.69, 9.17) is 4.74 Å².